The minimum absolute atomic E-state index is 0.135. The van der Waals surface area contributed by atoms with Crippen LogP contribution < -0.4 is 9.57 Å². The molecule has 0 spiro atoms. The van der Waals surface area contributed by atoms with Crippen LogP contribution in [0.2, 0.25) is 0 Å². The Morgan fingerprint density at radius 3 is 2.21 bits per heavy atom. The van der Waals surface area contributed by atoms with E-state index in [1.54, 1.807) is 60.7 Å². The van der Waals surface area contributed by atoms with Gasteiger partial charge < -0.3 is 4.74 Å². The fourth-order valence-corrected chi connectivity index (χ4v) is 3.37. The van der Waals surface area contributed by atoms with Crippen molar-refractivity contribution in [3.8, 4) is 5.75 Å². The van der Waals surface area contributed by atoms with Gasteiger partial charge in [0, 0.05) is 4.47 Å². The van der Waals surface area contributed by atoms with E-state index in [1.807, 2.05) is 6.92 Å². The van der Waals surface area contributed by atoms with Crippen LogP contribution in [0.1, 0.15) is 21.5 Å². The standard InChI is InChI=1S/C21H17BrN2O4S/c1-15-2-12-20(13-3-15)29(26,27)24-23-14-16-4-10-19(11-5-16)28-21(25)17-6-8-18(22)9-7-17/h2-14,24H,1H3/b23-14+. The quantitative estimate of drug-likeness (QED) is 0.251. The molecular weight excluding hydrogens is 456 g/mol. The summed E-state index contributed by atoms with van der Waals surface area (Å²) in [6.45, 7) is 1.88. The van der Waals surface area contributed by atoms with E-state index in [-0.39, 0.29) is 4.90 Å². The second kappa shape index (κ2) is 9.02. The lowest BCUT2D eigenvalue weighted by molar-refractivity contribution is 0.0734. The van der Waals surface area contributed by atoms with Gasteiger partial charge in [-0.15, -0.1) is 0 Å². The van der Waals surface area contributed by atoms with Crippen molar-refractivity contribution < 1.29 is 17.9 Å². The lowest BCUT2D eigenvalue weighted by atomic mass is 10.2. The lowest BCUT2D eigenvalue weighted by Crippen LogP contribution is -2.18. The number of carbonyl (C=O) groups is 1. The molecule has 0 aliphatic carbocycles. The largest absolute Gasteiger partial charge is 0.423 e. The predicted molar refractivity (Wildman–Crippen MR) is 115 cm³/mol. The van der Waals surface area contributed by atoms with Gasteiger partial charge in [0.2, 0.25) is 0 Å². The number of benzene rings is 3. The third-order valence-corrected chi connectivity index (χ3v) is 5.66. The van der Waals surface area contributed by atoms with Gasteiger partial charge in [-0.05, 0) is 73.2 Å². The van der Waals surface area contributed by atoms with Gasteiger partial charge in [0.15, 0.2) is 0 Å². The number of sulfonamides is 1. The second-order valence-electron chi connectivity index (χ2n) is 6.13. The van der Waals surface area contributed by atoms with Crippen LogP contribution in [0.25, 0.3) is 0 Å². The Morgan fingerprint density at radius 2 is 1.59 bits per heavy atom. The Kier molecular flexibility index (Phi) is 6.46. The number of carbonyl (C=O) groups excluding carboxylic acids is 1. The minimum Gasteiger partial charge on any atom is -0.423 e. The number of rotatable bonds is 6. The van der Waals surface area contributed by atoms with Crippen LogP contribution in [0, 0.1) is 6.92 Å². The molecule has 8 heteroatoms. The summed E-state index contributed by atoms with van der Waals surface area (Å²) in [4.78, 5) is 14.4. The van der Waals surface area contributed by atoms with Gasteiger partial charge in [-0.3, -0.25) is 0 Å². The van der Waals surface area contributed by atoms with Crippen molar-refractivity contribution in [3.05, 3.63) is 94.0 Å². The molecule has 3 aromatic rings. The van der Waals surface area contributed by atoms with Crippen molar-refractivity contribution in [2.45, 2.75) is 11.8 Å². The van der Waals surface area contributed by atoms with E-state index in [9.17, 15) is 13.2 Å². The van der Waals surface area contributed by atoms with Gasteiger partial charge in [-0.25, -0.2) is 9.63 Å². The fraction of sp³-hybridized carbons (Fsp3) is 0.0476. The van der Waals surface area contributed by atoms with Crippen LogP contribution in [-0.2, 0) is 10.0 Å². The number of halogens is 1. The molecule has 3 aromatic carbocycles. The highest BCUT2D eigenvalue weighted by Gasteiger charge is 2.12. The third kappa shape index (κ3) is 5.75. The molecule has 0 aromatic heterocycles. The Morgan fingerprint density at radius 1 is 0.966 bits per heavy atom. The van der Waals surface area contributed by atoms with E-state index < -0.39 is 16.0 Å². The molecule has 0 unspecified atom stereocenters. The molecule has 3 rings (SSSR count). The first-order valence-corrected chi connectivity index (χ1v) is 10.8. The number of hydrogen-bond donors (Lipinski definition) is 1. The van der Waals surface area contributed by atoms with E-state index in [1.165, 1.54) is 18.3 Å². The Balaban J connectivity index is 1.60. The highest BCUT2D eigenvalue weighted by atomic mass is 79.9. The number of hydrazone groups is 1. The molecular formula is C21H17BrN2O4S. The van der Waals surface area contributed by atoms with E-state index in [2.05, 4.69) is 25.9 Å². The van der Waals surface area contributed by atoms with Crippen LogP contribution in [0.4, 0.5) is 0 Å². The molecule has 0 saturated heterocycles. The average Bonchev–Trinajstić information content (AvgIpc) is 2.70. The molecule has 0 heterocycles. The van der Waals surface area contributed by atoms with Gasteiger partial charge in [0.05, 0.1) is 16.7 Å². The first-order valence-electron chi connectivity index (χ1n) is 8.53. The average molecular weight is 473 g/mol. The molecule has 0 amide bonds. The van der Waals surface area contributed by atoms with E-state index in [0.717, 1.165) is 10.0 Å². The predicted octanol–water partition coefficient (Wildman–Crippen LogP) is 4.29. The summed E-state index contributed by atoms with van der Waals surface area (Å²) in [6.07, 6.45) is 1.37. The third-order valence-electron chi connectivity index (χ3n) is 3.89. The fourth-order valence-electron chi connectivity index (χ4n) is 2.31. The van der Waals surface area contributed by atoms with Crippen LogP contribution in [-0.4, -0.2) is 20.6 Å². The van der Waals surface area contributed by atoms with Crippen LogP contribution >= 0.6 is 15.9 Å². The van der Waals surface area contributed by atoms with Crippen molar-refractivity contribution in [2.24, 2.45) is 5.10 Å². The van der Waals surface area contributed by atoms with Gasteiger partial charge >= 0.3 is 5.97 Å². The van der Waals surface area contributed by atoms with E-state index in [4.69, 9.17) is 4.74 Å². The summed E-state index contributed by atoms with van der Waals surface area (Å²) in [5, 5.41) is 3.78. The summed E-state index contributed by atoms with van der Waals surface area (Å²) in [5.41, 5.74) is 2.04. The van der Waals surface area contributed by atoms with Crippen molar-refractivity contribution >= 4 is 38.1 Å². The van der Waals surface area contributed by atoms with Crippen molar-refractivity contribution in [1.29, 1.82) is 0 Å². The normalized spacial score (nSPS) is 11.4. The molecule has 1 N–H and O–H groups in total. The topological polar surface area (TPSA) is 84.8 Å². The molecule has 148 valence electrons. The molecule has 0 aliphatic heterocycles. The maximum absolute atomic E-state index is 12.2. The van der Waals surface area contributed by atoms with Crippen molar-refractivity contribution in [1.82, 2.24) is 4.83 Å². The summed E-state index contributed by atoms with van der Waals surface area (Å²) < 4.78 is 30.5. The molecule has 6 nitrogen and oxygen atoms in total. The molecule has 0 atom stereocenters. The Hall–Kier alpha value is -2.97. The zero-order valence-corrected chi connectivity index (χ0v) is 17.8. The molecule has 0 bridgehead atoms. The summed E-state index contributed by atoms with van der Waals surface area (Å²) in [7, 11) is -3.73. The second-order valence-corrected chi connectivity index (χ2v) is 8.71. The van der Waals surface area contributed by atoms with Gasteiger partial charge in [0.1, 0.15) is 5.75 Å². The number of nitrogens with one attached hydrogen (secondary N) is 1. The highest BCUT2D eigenvalue weighted by molar-refractivity contribution is 9.10. The minimum atomic E-state index is -3.73. The van der Waals surface area contributed by atoms with E-state index in [0.29, 0.717) is 16.9 Å². The molecule has 0 aliphatic rings. The first kappa shape index (κ1) is 20.8. The molecule has 29 heavy (non-hydrogen) atoms. The molecule has 0 saturated carbocycles. The van der Waals surface area contributed by atoms with Gasteiger partial charge in [-0.1, -0.05) is 33.6 Å². The van der Waals surface area contributed by atoms with Crippen LogP contribution in [0.15, 0.2) is 87.3 Å². The maximum atomic E-state index is 12.2. The molecule has 0 fully saturated rings. The van der Waals surface area contributed by atoms with Crippen LogP contribution in [0.5, 0.6) is 5.75 Å². The highest BCUT2D eigenvalue weighted by Crippen LogP contribution is 2.16. The number of ether oxygens (including phenoxy) is 1. The summed E-state index contributed by atoms with van der Waals surface area (Å²) in [5.74, 6) is -0.0971. The first-order chi connectivity index (χ1) is 13.8. The number of nitrogens with zero attached hydrogens (tertiary/aromatic N) is 1. The Labute approximate surface area is 177 Å². The Bertz CT molecular complexity index is 1120. The smallest absolute Gasteiger partial charge is 0.343 e. The van der Waals surface area contributed by atoms with Crippen LogP contribution in [0.3, 0.4) is 0 Å². The van der Waals surface area contributed by atoms with Gasteiger partial charge in [-0.2, -0.15) is 13.5 Å². The number of hydrogen-bond acceptors (Lipinski definition) is 5. The monoisotopic (exact) mass is 472 g/mol. The van der Waals surface area contributed by atoms with E-state index >= 15 is 0 Å². The number of aryl methyl sites for hydroxylation is 1. The van der Waals surface area contributed by atoms with Crippen molar-refractivity contribution in [3.63, 3.8) is 0 Å². The zero-order valence-electron chi connectivity index (χ0n) is 15.4. The zero-order chi connectivity index (χ0) is 20.9. The number of esters is 1. The molecule has 0 radical (unpaired) electrons. The lowest BCUT2D eigenvalue weighted by Gasteiger charge is -2.05. The SMILES string of the molecule is Cc1ccc(S(=O)(=O)N/N=C/c2ccc(OC(=O)c3ccc(Br)cc3)cc2)cc1. The van der Waals surface area contributed by atoms with Gasteiger partial charge in [0.25, 0.3) is 10.0 Å². The summed E-state index contributed by atoms with van der Waals surface area (Å²) in [6, 6.07) is 19.8. The summed E-state index contributed by atoms with van der Waals surface area (Å²) >= 11 is 3.31. The maximum Gasteiger partial charge on any atom is 0.343 e. The van der Waals surface area contributed by atoms with Crippen molar-refractivity contribution in [2.75, 3.05) is 0 Å².